The van der Waals surface area contributed by atoms with Gasteiger partial charge in [0.05, 0.1) is 28.2 Å². The van der Waals surface area contributed by atoms with E-state index in [4.69, 9.17) is 14.9 Å². The maximum atomic E-state index is 15.1. The first-order chi connectivity index (χ1) is 17.8. The number of hydrogen-bond acceptors (Lipinski definition) is 10. The van der Waals surface area contributed by atoms with Gasteiger partial charge in [0.2, 0.25) is 5.89 Å². The molecule has 13 heteroatoms. The van der Waals surface area contributed by atoms with Crippen molar-refractivity contribution in [3.8, 4) is 5.75 Å². The van der Waals surface area contributed by atoms with Gasteiger partial charge in [0.25, 0.3) is 0 Å². The van der Waals surface area contributed by atoms with Crippen LogP contribution in [0.5, 0.6) is 5.75 Å². The molecular formula is C24H20F3N7O2S. The first-order valence-corrected chi connectivity index (χ1v) is 12.1. The summed E-state index contributed by atoms with van der Waals surface area (Å²) in [6.45, 7) is 1.15. The second-order valence-electron chi connectivity index (χ2n) is 9.07. The number of aliphatic imine (C=N–C) groups is 1. The molecule has 3 N–H and O–H groups in total. The van der Waals surface area contributed by atoms with Gasteiger partial charge < -0.3 is 20.2 Å². The molecule has 0 saturated heterocycles. The molecule has 37 heavy (non-hydrogen) atoms. The van der Waals surface area contributed by atoms with Crippen LogP contribution in [0.25, 0.3) is 11.0 Å². The van der Waals surface area contributed by atoms with Crippen LogP contribution in [0.15, 0.2) is 52.6 Å². The van der Waals surface area contributed by atoms with Gasteiger partial charge in [-0.2, -0.15) is 0 Å². The van der Waals surface area contributed by atoms with Crippen LogP contribution in [-0.2, 0) is 12.1 Å². The highest BCUT2D eigenvalue weighted by atomic mass is 32.2. The van der Waals surface area contributed by atoms with Crippen LogP contribution in [-0.4, -0.2) is 36.5 Å². The Morgan fingerprint density at radius 2 is 2.08 bits per heavy atom. The van der Waals surface area contributed by atoms with Crippen LogP contribution >= 0.6 is 11.8 Å². The smallest absolute Gasteiger partial charge is 0.232 e. The third kappa shape index (κ3) is 4.02. The van der Waals surface area contributed by atoms with Gasteiger partial charge in [-0.3, -0.25) is 4.99 Å². The van der Waals surface area contributed by atoms with Crippen molar-refractivity contribution in [2.45, 2.75) is 30.2 Å². The number of nitrogens with zero attached hydrogens (tertiary/aromatic N) is 5. The number of rotatable bonds is 7. The first-order valence-electron chi connectivity index (χ1n) is 11.3. The maximum absolute atomic E-state index is 15.1. The van der Waals surface area contributed by atoms with E-state index in [9.17, 15) is 8.78 Å². The second kappa shape index (κ2) is 8.61. The van der Waals surface area contributed by atoms with Crippen LogP contribution in [0.3, 0.4) is 0 Å². The van der Waals surface area contributed by atoms with Crippen LogP contribution in [0.2, 0.25) is 0 Å². The van der Waals surface area contributed by atoms with Crippen molar-refractivity contribution in [1.29, 1.82) is 0 Å². The van der Waals surface area contributed by atoms with E-state index in [-0.39, 0.29) is 34.8 Å². The molecule has 1 fully saturated rings. The predicted molar refractivity (Wildman–Crippen MR) is 131 cm³/mol. The number of pyridine rings is 1. The molecule has 0 amide bonds. The first kappa shape index (κ1) is 23.5. The standard InChI is InChI=1S/C24H20F3N7O2S/c1-23(17-7-24(17,10-25)37-22(28)34-23)14-4-12(5-15(26)19(14)27)33-21-20-16(31-11-32-21)6-13(8-30-20)36-9-18-29-2-3-35-18/h2-6,8,11,17H,7,9-10H2,1H3,(H2,28,34)(H,31,32,33)/t17-,23+,24+/m0/s1. The zero-order chi connectivity index (χ0) is 25.8. The number of hydrogen-bond donors (Lipinski definition) is 2. The Kier molecular flexibility index (Phi) is 5.48. The molecule has 3 atom stereocenters. The summed E-state index contributed by atoms with van der Waals surface area (Å²) >= 11 is 1.16. The highest BCUT2D eigenvalue weighted by Gasteiger charge is 2.66. The number of nitrogens with two attached hydrogens (primary N) is 1. The Labute approximate surface area is 212 Å². The van der Waals surface area contributed by atoms with Crippen LogP contribution < -0.4 is 15.8 Å². The summed E-state index contributed by atoms with van der Waals surface area (Å²) in [6.07, 6.45) is 6.23. The van der Waals surface area contributed by atoms with E-state index in [2.05, 4.69) is 30.2 Å². The van der Waals surface area contributed by atoms with Gasteiger partial charge in [0.1, 0.15) is 30.5 Å². The van der Waals surface area contributed by atoms with Crippen molar-refractivity contribution in [3.63, 3.8) is 0 Å². The number of anilines is 2. The molecule has 0 unspecified atom stereocenters. The Hall–Kier alpha value is -3.87. The van der Waals surface area contributed by atoms with Crippen molar-refractivity contribution in [2.24, 2.45) is 16.6 Å². The molecule has 0 spiro atoms. The number of aromatic nitrogens is 4. The molecule has 0 radical (unpaired) electrons. The maximum Gasteiger partial charge on any atom is 0.232 e. The summed E-state index contributed by atoms with van der Waals surface area (Å²) in [7, 11) is 0. The van der Waals surface area contributed by atoms with Gasteiger partial charge >= 0.3 is 0 Å². The number of oxazole rings is 1. The largest absolute Gasteiger partial charge is 0.482 e. The van der Waals surface area contributed by atoms with Gasteiger partial charge in [-0.15, -0.1) is 0 Å². The molecule has 1 saturated carbocycles. The van der Waals surface area contributed by atoms with E-state index >= 15 is 4.39 Å². The van der Waals surface area contributed by atoms with Crippen molar-refractivity contribution in [2.75, 3.05) is 12.0 Å². The summed E-state index contributed by atoms with van der Waals surface area (Å²) in [5, 5.41) is 3.16. The lowest BCUT2D eigenvalue weighted by molar-refractivity contribution is 0.262. The van der Waals surface area contributed by atoms with Gasteiger partial charge in [0.15, 0.2) is 29.2 Å². The van der Waals surface area contributed by atoms with E-state index in [1.165, 1.54) is 31.1 Å². The van der Waals surface area contributed by atoms with Crippen molar-refractivity contribution >= 4 is 39.5 Å². The van der Waals surface area contributed by atoms with Crippen LogP contribution in [0, 0.1) is 17.6 Å². The Morgan fingerprint density at radius 3 is 2.86 bits per heavy atom. The van der Waals surface area contributed by atoms with Crippen LogP contribution in [0.1, 0.15) is 24.8 Å². The van der Waals surface area contributed by atoms with E-state index < -0.39 is 28.6 Å². The third-order valence-electron chi connectivity index (χ3n) is 6.71. The van der Waals surface area contributed by atoms with Gasteiger partial charge in [-0.25, -0.2) is 33.1 Å². The Bertz CT molecular complexity index is 1540. The minimum Gasteiger partial charge on any atom is -0.482 e. The SMILES string of the molecule is C[C@]1(c2cc(Nc3ncnc4cc(OCc5ncco5)cnc34)cc(F)c2F)N=C(N)S[C@@]2(CF)C[C@H]21. The number of ether oxygens (including phenoxy) is 1. The van der Waals surface area contributed by atoms with Crippen molar-refractivity contribution < 1.29 is 22.3 Å². The molecule has 4 heterocycles. The minimum atomic E-state index is -1.22. The molecule has 4 aromatic rings. The monoisotopic (exact) mass is 527 g/mol. The van der Waals surface area contributed by atoms with Gasteiger partial charge in [0, 0.05) is 29.3 Å². The fourth-order valence-corrected chi connectivity index (χ4v) is 6.13. The normalized spacial score (nSPS) is 24.4. The van der Waals surface area contributed by atoms with Crippen molar-refractivity contribution in [3.05, 3.63) is 66.3 Å². The highest BCUT2D eigenvalue weighted by Crippen LogP contribution is 2.66. The summed E-state index contributed by atoms with van der Waals surface area (Å²) in [5.74, 6) is -1.32. The number of halogens is 3. The number of alkyl halides is 1. The fourth-order valence-electron chi connectivity index (χ4n) is 4.80. The molecule has 6 rings (SSSR count). The molecule has 9 nitrogen and oxygen atoms in total. The van der Waals surface area contributed by atoms with Crippen molar-refractivity contribution in [1.82, 2.24) is 19.9 Å². The summed E-state index contributed by atoms with van der Waals surface area (Å²) in [6, 6.07) is 4.13. The van der Waals surface area contributed by atoms with Gasteiger partial charge in [-0.05, 0) is 19.4 Å². The van der Waals surface area contributed by atoms with E-state index in [0.717, 1.165) is 17.8 Å². The topological polar surface area (TPSA) is 124 Å². The lowest BCUT2D eigenvalue weighted by atomic mass is 9.85. The lowest BCUT2D eigenvalue weighted by Gasteiger charge is -2.33. The molecule has 0 bridgehead atoms. The van der Waals surface area contributed by atoms with E-state index in [0.29, 0.717) is 29.1 Å². The number of nitrogens with one attached hydrogen (secondary N) is 1. The van der Waals surface area contributed by atoms with Crippen LogP contribution in [0.4, 0.5) is 24.7 Å². The summed E-state index contributed by atoms with van der Waals surface area (Å²) in [5.41, 5.74) is 5.82. The second-order valence-corrected chi connectivity index (χ2v) is 10.5. The quantitative estimate of drug-likeness (QED) is 0.354. The third-order valence-corrected chi connectivity index (χ3v) is 7.98. The highest BCUT2D eigenvalue weighted by molar-refractivity contribution is 8.15. The number of amidine groups is 1. The molecular weight excluding hydrogens is 507 g/mol. The lowest BCUT2D eigenvalue weighted by Crippen LogP contribution is -2.37. The zero-order valence-corrected chi connectivity index (χ0v) is 20.2. The number of fused-ring (bicyclic) bond motifs is 2. The Morgan fingerprint density at radius 1 is 1.22 bits per heavy atom. The average Bonchev–Trinajstić information content (AvgIpc) is 3.39. The van der Waals surface area contributed by atoms with E-state index in [1.54, 1.807) is 13.0 Å². The average molecular weight is 528 g/mol. The fraction of sp³-hybridized carbons (Fsp3) is 0.292. The van der Waals surface area contributed by atoms with Gasteiger partial charge in [-0.1, -0.05) is 11.8 Å². The molecule has 2 aliphatic rings. The molecule has 190 valence electrons. The predicted octanol–water partition coefficient (Wildman–Crippen LogP) is 4.62. The number of benzene rings is 1. The molecule has 3 aromatic heterocycles. The number of thioether (sulfide) groups is 1. The summed E-state index contributed by atoms with van der Waals surface area (Å²) in [4.78, 5) is 21.3. The van der Waals surface area contributed by atoms with E-state index in [1.807, 2.05) is 0 Å². The minimum absolute atomic E-state index is 0.00730. The summed E-state index contributed by atoms with van der Waals surface area (Å²) < 4.78 is 53.8. The molecule has 1 aromatic carbocycles. The molecule has 1 aliphatic carbocycles. The Balaban J connectivity index is 1.32. The molecule has 1 aliphatic heterocycles. The zero-order valence-electron chi connectivity index (χ0n) is 19.4.